The van der Waals surface area contributed by atoms with Crippen molar-refractivity contribution < 1.29 is 48.3 Å². The van der Waals surface area contributed by atoms with Crippen LogP contribution in [-0.2, 0) is 30.2 Å². The van der Waals surface area contributed by atoms with Crippen LogP contribution in [0, 0.1) is 5.92 Å². The molecule has 2 aromatic carbocycles. The molecule has 0 saturated carbocycles. The van der Waals surface area contributed by atoms with Crippen molar-refractivity contribution in [2.75, 3.05) is 38.9 Å². The molecular formula is C39H50Cl2N4O10. The molecule has 3 aliphatic rings. The zero-order valence-electron chi connectivity index (χ0n) is 32.2. The van der Waals surface area contributed by atoms with Crippen LogP contribution >= 0.6 is 23.2 Å². The van der Waals surface area contributed by atoms with E-state index in [1.54, 1.807) is 52.1 Å². The Morgan fingerprint density at radius 1 is 1.20 bits per heavy atom. The molecule has 2 aromatic rings. The van der Waals surface area contributed by atoms with Crippen LogP contribution in [0.4, 0.5) is 16.2 Å². The number of rotatable bonds is 7. The molecule has 5 N–H and O–H groups in total. The van der Waals surface area contributed by atoms with Crippen molar-refractivity contribution in [3.63, 3.8) is 0 Å². The van der Waals surface area contributed by atoms with Gasteiger partial charge in [-0.2, -0.15) is 0 Å². The maximum absolute atomic E-state index is 14.2. The normalized spacial score (nSPS) is 31.2. The number of benzene rings is 2. The van der Waals surface area contributed by atoms with Crippen LogP contribution in [0.5, 0.6) is 5.75 Å². The number of nitrogens with zero attached hydrogens (tertiary/aromatic N) is 2. The molecule has 55 heavy (non-hydrogen) atoms. The number of likely N-dealkylation sites (N-methyl/N-ethyl adjacent to an activating group) is 1. The maximum Gasteiger partial charge on any atom is 0.409 e. The van der Waals surface area contributed by atoms with Crippen molar-refractivity contribution in [2.24, 2.45) is 5.92 Å². The van der Waals surface area contributed by atoms with Crippen LogP contribution in [0.25, 0.3) is 0 Å². The molecule has 5 rings (SSSR count). The van der Waals surface area contributed by atoms with Gasteiger partial charge >= 0.3 is 6.09 Å². The Hall–Kier alpha value is -3.89. The van der Waals surface area contributed by atoms with E-state index in [4.69, 9.17) is 52.6 Å². The number of carbonyl (C=O) groups excluding carboxylic acids is 3. The fourth-order valence-corrected chi connectivity index (χ4v) is 7.65. The van der Waals surface area contributed by atoms with E-state index < -0.39 is 71.9 Å². The molecule has 0 radical (unpaired) electrons. The van der Waals surface area contributed by atoms with Gasteiger partial charge in [0.25, 0.3) is 5.91 Å². The molecule has 4 bridgehead atoms. The van der Waals surface area contributed by atoms with Gasteiger partial charge in [0.1, 0.15) is 34.7 Å². The number of fused-ring (bicyclic) bond motifs is 5. The summed E-state index contributed by atoms with van der Waals surface area (Å²) in [6, 6.07) is 7.15. The summed E-state index contributed by atoms with van der Waals surface area (Å²) in [7, 11) is 6.00. The summed E-state index contributed by atoms with van der Waals surface area (Å²) in [6.45, 7) is 7.05. The minimum Gasteiger partial charge on any atom is -0.495 e. The molecule has 0 aromatic heterocycles. The first-order valence-electron chi connectivity index (χ1n) is 17.9. The highest BCUT2D eigenvalue weighted by Crippen LogP contribution is 2.49. The lowest BCUT2D eigenvalue weighted by Gasteiger charge is -2.42. The summed E-state index contributed by atoms with van der Waals surface area (Å²) in [5, 5.41) is 26.2. The van der Waals surface area contributed by atoms with Gasteiger partial charge < -0.3 is 49.4 Å². The first kappa shape index (κ1) is 42.3. The van der Waals surface area contributed by atoms with Crippen LogP contribution < -0.4 is 20.7 Å². The van der Waals surface area contributed by atoms with E-state index in [-0.39, 0.29) is 28.5 Å². The van der Waals surface area contributed by atoms with E-state index >= 15 is 0 Å². The van der Waals surface area contributed by atoms with Crippen molar-refractivity contribution in [3.05, 3.63) is 75.3 Å². The van der Waals surface area contributed by atoms with Gasteiger partial charge in [0, 0.05) is 39.1 Å². The lowest BCUT2D eigenvalue weighted by Crippen LogP contribution is -2.63. The van der Waals surface area contributed by atoms with Gasteiger partial charge in [-0.15, -0.1) is 0 Å². The number of epoxide rings is 1. The number of hydrogen-bond acceptors (Lipinski definition) is 11. The molecular weight excluding hydrogens is 755 g/mol. The Labute approximate surface area is 331 Å². The first-order chi connectivity index (χ1) is 25.8. The lowest BCUT2D eigenvalue weighted by molar-refractivity contribution is -0.179. The second-order valence-electron chi connectivity index (χ2n) is 14.7. The molecule has 2 saturated heterocycles. The molecule has 14 nitrogen and oxygen atoms in total. The molecule has 1 unspecified atom stereocenters. The summed E-state index contributed by atoms with van der Waals surface area (Å²) in [4.78, 5) is 43.2. The first-order valence-corrected chi connectivity index (χ1v) is 18.6. The standard InChI is InChI=1S/C39H50Cl2N4O10/c1-20-10-9-11-30(52-8)39(50)19-29(53-37(49)43-39)21(2)34-38(4,55-34)31(18-32(46)45(6)27-15-23(14-20)16-28(51-7)33(27)41)54-36(48)22(3)44(5)35(47)24-12-13-26(42)25(40)17-24/h9-13,15-17,21-22,29-31,34,36,48,50H,14,18-19,42H2,1-8H3,(H,43,49)/b11-9+,20-10+/t21-,22+,29+,30-,31+,34+,36?,38+,39+/m1/s1. The number of amides is 3. The average Bonchev–Trinajstić information content (AvgIpc) is 3.84. The van der Waals surface area contributed by atoms with Crippen molar-refractivity contribution >= 4 is 52.5 Å². The van der Waals surface area contributed by atoms with E-state index in [9.17, 15) is 24.6 Å². The molecule has 0 spiro atoms. The van der Waals surface area contributed by atoms with E-state index in [0.29, 0.717) is 23.5 Å². The van der Waals surface area contributed by atoms with Crippen molar-refractivity contribution in [1.29, 1.82) is 0 Å². The SMILES string of the molecule is COc1cc2cc(c1Cl)N(C)C(=O)C[C@H](OC(O)[C@H](C)N(C)C(=O)c1ccc(N)c(Cl)c1)[C@]1(C)O[C@H]1[C@H](C)[C@@H]1C[C@@](O)(NC(=O)O1)[C@H](OC)/C=C/C=C(\C)C2. The third kappa shape index (κ3) is 8.91. The fourth-order valence-electron chi connectivity index (χ4n) is 7.15. The highest BCUT2D eigenvalue weighted by molar-refractivity contribution is 6.35. The number of ether oxygens (including phenoxy) is 5. The number of nitrogen functional groups attached to an aromatic ring is 1. The highest BCUT2D eigenvalue weighted by Gasteiger charge is 2.64. The number of alkyl carbamates (subject to hydrolysis) is 1. The van der Waals surface area contributed by atoms with Crippen LogP contribution in [0.3, 0.4) is 0 Å². The van der Waals surface area contributed by atoms with E-state index in [1.807, 2.05) is 13.0 Å². The highest BCUT2D eigenvalue weighted by atomic mass is 35.5. The Kier molecular flexibility index (Phi) is 12.8. The number of aliphatic hydroxyl groups is 2. The molecule has 3 heterocycles. The average molecular weight is 806 g/mol. The van der Waals surface area contributed by atoms with Crippen LogP contribution in [0.2, 0.25) is 10.0 Å². The summed E-state index contributed by atoms with van der Waals surface area (Å²) in [5.41, 5.74) is 5.47. The summed E-state index contributed by atoms with van der Waals surface area (Å²) in [6.07, 6.45) is -0.629. The second kappa shape index (κ2) is 16.7. The Balaban J connectivity index is 1.52. The minimum absolute atomic E-state index is 0.0551. The van der Waals surface area contributed by atoms with Crippen LogP contribution in [0.15, 0.2) is 54.1 Å². The van der Waals surface area contributed by atoms with Crippen molar-refractivity contribution in [2.45, 2.75) is 95.0 Å². The number of carbonyl (C=O) groups is 3. The number of anilines is 2. The van der Waals surface area contributed by atoms with E-state index in [2.05, 4.69) is 5.32 Å². The monoisotopic (exact) mass is 804 g/mol. The second-order valence-corrected chi connectivity index (χ2v) is 15.5. The topological polar surface area (TPSA) is 186 Å². The Bertz CT molecular complexity index is 1860. The number of hydrogen-bond donors (Lipinski definition) is 4. The quantitative estimate of drug-likeness (QED) is 0.170. The molecule has 2 fully saturated rings. The minimum atomic E-state index is -1.83. The molecule has 9 atom stereocenters. The molecule has 16 heteroatoms. The molecule has 0 aliphatic carbocycles. The zero-order chi connectivity index (χ0) is 40.6. The molecule has 3 aliphatic heterocycles. The number of nitrogens with two attached hydrogens (primary N) is 1. The Morgan fingerprint density at radius 3 is 2.56 bits per heavy atom. The van der Waals surface area contributed by atoms with Crippen LogP contribution in [-0.4, -0.2) is 109 Å². The molecule has 3 amide bonds. The lowest BCUT2D eigenvalue weighted by atomic mass is 9.83. The van der Waals surface area contributed by atoms with Gasteiger partial charge in [-0.1, -0.05) is 53.9 Å². The van der Waals surface area contributed by atoms with Crippen molar-refractivity contribution in [1.82, 2.24) is 10.2 Å². The number of halogens is 2. The zero-order valence-corrected chi connectivity index (χ0v) is 33.7. The van der Waals surface area contributed by atoms with E-state index in [1.165, 1.54) is 49.3 Å². The van der Waals surface area contributed by atoms with Gasteiger partial charge in [0.2, 0.25) is 5.91 Å². The summed E-state index contributed by atoms with van der Waals surface area (Å²) >= 11 is 12.9. The third-order valence-corrected chi connectivity index (χ3v) is 11.6. The summed E-state index contributed by atoms with van der Waals surface area (Å²) < 4.78 is 29.5. The fraction of sp³-hybridized carbons (Fsp3) is 0.513. The van der Waals surface area contributed by atoms with Gasteiger partial charge in [0.05, 0.1) is 42.1 Å². The number of nitrogens with one attached hydrogen (secondary N) is 1. The Morgan fingerprint density at radius 2 is 1.91 bits per heavy atom. The smallest absolute Gasteiger partial charge is 0.409 e. The number of allylic oxidation sites excluding steroid dienone is 3. The predicted octanol–water partition coefficient (Wildman–Crippen LogP) is 4.86. The third-order valence-electron chi connectivity index (χ3n) is 10.8. The van der Waals surface area contributed by atoms with E-state index in [0.717, 1.165) is 11.1 Å². The number of aliphatic hydroxyl groups excluding tert-OH is 1. The van der Waals surface area contributed by atoms with Gasteiger partial charge in [0.15, 0.2) is 12.0 Å². The van der Waals surface area contributed by atoms with Gasteiger partial charge in [-0.3, -0.25) is 14.9 Å². The van der Waals surface area contributed by atoms with Gasteiger partial charge in [-0.05, 0) is 63.1 Å². The predicted molar refractivity (Wildman–Crippen MR) is 207 cm³/mol. The van der Waals surface area contributed by atoms with Crippen LogP contribution in [0.1, 0.15) is 56.5 Å². The maximum atomic E-state index is 14.2. The number of methoxy groups -OCH3 is 2. The molecule has 300 valence electrons. The largest absolute Gasteiger partial charge is 0.495 e. The van der Waals surface area contributed by atoms with Gasteiger partial charge in [-0.25, -0.2) is 4.79 Å². The summed E-state index contributed by atoms with van der Waals surface area (Å²) in [5.74, 6) is -1.04. The van der Waals surface area contributed by atoms with Crippen molar-refractivity contribution in [3.8, 4) is 5.75 Å².